The summed E-state index contributed by atoms with van der Waals surface area (Å²) in [6.45, 7) is 0.475. The molecular weight excluding hydrogens is 162 g/mol. The van der Waals surface area contributed by atoms with Crippen LogP contribution in [0, 0.1) is 0 Å². The summed E-state index contributed by atoms with van der Waals surface area (Å²) in [6, 6.07) is 0. The Labute approximate surface area is 68.6 Å². The molecule has 0 fully saturated rings. The van der Waals surface area contributed by atoms with Gasteiger partial charge in [0.2, 0.25) is 12.3 Å². The Morgan fingerprint density at radius 3 is 3.17 bits per heavy atom. The van der Waals surface area contributed by atoms with Crippen LogP contribution in [0.1, 0.15) is 5.89 Å². The molecule has 0 atom stereocenters. The van der Waals surface area contributed by atoms with Gasteiger partial charge in [0, 0.05) is 13.0 Å². The molecule has 0 saturated carbocycles. The molecule has 1 rings (SSSR count). The average molecular weight is 171 g/mol. The molecule has 0 bridgehead atoms. The maximum absolute atomic E-state index is 10.0. The highest BCUT2D eigenvalue weighted by atomic mass is 16.4. The summed E-state index contributed by atoms with van der Waals surface area (Å²) in [5.74, 6) is -0.367. The van der Waals surface area contributed by atoms with Gasteiger partial charge in [-0.3, -0.25) is 4.79 Å². The zero-order valence-corrected chi connectivity index (χ0v) is 6.36. The molecule has 0 aliphatic carbocycles. The van der Waals surface area contributed by atoms with Crippen molar-refractivity contribution >= 4 is 5.97 Å². The maximum atomic E-state index is 10.0. The van der Waals surface area contributed by atoms with Crippen LogP contribution in [0.25, 0.3) is 0 Å². The van der Waals surface area contributed by atoms with Gasteiger partial charge in [-0.15, -0.1) is 10.2 Å². The zero-order chi connectivity index (χ0) is 8.81. The van der Waals surface area contributed by atoms with Gasteiger partial charge in [-0.1, -0.05) is 0 Å². The second kappa shape index (κ2) is 4.45. The first kappa shape index (κ1) is 8.66. The number of nitrogens with zero attached hydrogens (tertiary/aromatic N) is 2. The number of nitrogens with one attached hydrogen (secondary N) is 1. The van der Waals surface area contributed by atoms with Crippen LogP contribution in [0.15, 0.2) is 10.8 Å². The van der Waals surface area contributed by atoms with Gasteiger partial charge in [0.15, 0.2) is 0 Å². The summed E-state index contributed by atoms with van der Waals surface area (Å²) in [6.07, 6.45) is 1.79. The zero-order valence-electron chi connectivity index (χ0n) is 6.36. The van der Waals surface area contributed by atoms with E-state index in [2.05, 4.69) is 15.5 Å². The van der Waals surface area contributed by atoms with Gasteiger partial charge in [-0.05, 0) is 0 Å². The van der Waals surface area contributed by atoms with Crippen LogP contribution < -0.4 is 5.32 Å². The van der Waals surface area contributed by atoms with Crippen molar-refractivity contribution in [2.75, 3.05) is 13.1 Å². The van der Waals surface area contributed by atoms with E-state index >= 15 is 0 Å². The summed E-state index contributed by atoms with van der Waals surface area (Å²) in [5.41, 5.74) is 0. The standard InChI is InChI=1S/C6H9N3O3/c10-6(11)3-7-2-1-5-9-8-4-12-5/h4,7H,1-3H2,(H,10,11). The van der Waals surface area contributed by atoms with Gasteiger partial charge in [0.25, 0.3) is 0 Å². The van der Waals surface area contributed by atoms with Crippen LogP contribution >= 0.6 is 0 Å². The SMILES string of the molecule is O=C(O)CNCCc1nnco1. The topological polar surface area (TPSA) is 88.2 Å². The van der Waals surface area contributed by atoms with E-state index in [9.17, 15) is 4.79 Å². The summed E-state index contributed by atoms with van der Waals surface area (Å²) >= 11 is 0. The van der Waals surface area contributed by atoms with E-state index in [0.717, 1.165) is 0 Å². The second-order valence-electron chi connectivity index (χ2n) is 2.15. The molecule has 12 heavy (non-hydrogen) atoms. The molecule has 0 spiro atoms. The largest absolute Gasteiger partial charge is 0.480 e. The Morgan fingerprint density at radius 2 is 2.58 bits per heavy atom. The van der Waals surface area contributed by atoms with E-state index in [-0.39, 0.29) is 6.54 Å². The third-order valence-corrected chi connectivity index (χ3v) is 1.20. The minimum atomic E-state index is -0.875. The summed E-state index contributed by atoms with van der Waals surface area (Å²) < 4.78 is 4.83. The maximum Gasteiger partial charge on any atom is 0.317 e. The number of rotatable bonds is 5. The molecule has 0 aliphatic heterocycles. The van der Waals surface area contributed by atoms with Crippen molar-refractivity contribution in [1.82, 2.24) is 15.5 Å². The van der Waals surface area contributed by atoms with Crippen molar-refractivity contribution in [2.24, 2.45) is 0 Å². The smallest absolute Gasteiger partial charge is 0.317 e. The van der Waals surface area contributed by atoms with E-state index in [4.69, 9.17) is 9.52 Å². The lowest BCUT2D eigenvalue weighted by atomic mass is 10.4. The van der Waals surface area contributed by atoms with E-state index in [1.165, 1.54) is 6.39 Å². The highest BCUT2D eigenvalue weighted by Gasteiger charge is 1.98. The number of hydrogen-bond donors (Lipinski definition) is 2. The number of carboxylic acid groups (broad SMARTS) is 1. The van der Waals surface area contributed by atoms with E-state index in [0.29, 0.717) is 18.9 Å². The fraction of sp³-hybridized carbons (Fsp3) is 0.500. The van der Waals surface area contributed by atoms with Gasteiger partial charge < -0.3 is 14.8 Å². The van der Waals surface area contributed by atoms with Crippen LogP contribution in [-0.4, -0.2) is 34.4 Å². The summed E-state index contributed by atoms with van der Waals surface area (Å²) in [7, 11) is 0. The molecule has 1 heterocycles. The van der Waals surface area contributed by atoms with Gasteiger partial charge >= 0.3 is 5.97 Å². The predicted molar refractivity (Wildman–Crippen MR) is 38.5 cm³/mol. The summed E-state index contributed by atoms with van der Waals surface area (Å²) in [5, 5.41) is 18.1. The third kappa shape index (κ3) is 3.11. The van der Waals surface area contributed by atoms with E-state index < -0.39 is 5.97 Å². The van der Waals surface area contributed by atoms with Gasteiger partial charge in [0.1, 0.15) is 0 Å². The third-order valence-electron chi connectivity index (χ3n) is 1.20. The number of carboxylic acids is 1. The van der Waals surface area contributed by atoms with Gasteiger partial charge in [-0.2, -0.15) is 0 Å². The van der Waals surface area contributed by atoms with Crippen molar-refractivity contribution in [3.63, 3.8) is 0 Å². The first-order valence-corrected chi connectivity index (χ1v) is 3.46. The van der Waals surface area contributed by atoms with E-state index in [1.54, 1.807) is 0 Å². The summed E-state index contributed by atoms with van der Waals surface area (Å²) in [4.78, 5) is 10.0. The quantitative estimate of drug-likeness (QED) is 0.569. The Bertz CT molecular complexity index is 234. The molecule has 1 aromatic rings. The normalized spacial score (nSPS) is 10.0. The molecular formula is C6H9N3O3. The first-order valence-electron chi connectivity index (χ1n) is 3.46. The van der Waals surface area contributed by atoms with Crippen LogP contribution in [0.4, 0.5) is 0 Å². The highest BCUT2D eigenvalue weighted by molar-refractivity contribution is 5.68. The monoisotopic (exact) mass is 171 g/mol. The highest BCUT2D eigenvalue weighted by Crippen LogP contribution is 1.90. The lowest BCUT2D eigenvalue weighted by Gasteiger charge is -1.96. The minimum absolute atomic E-state index is 0.0475. The average Bonchev–Trinajstić information content (AvgIpc) is 2.49. The first-order chi connectivity index (χ1) is 5.79. The second-order valence-corrected chi connectivity index (χ2v) is 2.15. The van der Waals surface area contributed by atoms with Gasteiger partial charge in [-0.25, -0.2) is 0 Å². The minimum Gasteiger partial charge on any atom is -0.480 e. The van der Waals surface area contributed by atoms with Crippen LogP contribution in [-0.2, 0) is 11.2 Å². The van der Waals surface area contributed by atoms with Crippen molar-refractivity contribution in [3.8, 4) is 0 Å². The number of aliphatic carboxylic acids is 1. The van der Waals surface area contributed by atoms with Crippen LogP contribution in [0.5, 0.6) is 0 Å². The fourth-order valence-corrected chi connectivity index (χ4v) is 0.696. The molecule has 66 valence electrons. The van der Waals surface area contributed by atoms with Gasteiger partial charge in [0.05, 0.1) is 6.54 Å². The molecule has 0 aromatic carbocycles. The van der Waals surface area contributed by atoms with E-state index in [1.807, 2.05) is 0 Å². The molecule has 0 saturated heterocycles. The molecule has 1 aromatic heterocycles. The predicted octanol–water partition coefficient (Wildman–Crippen LogP) is -0.714. The molecule has 0 amide bonds. The van der Waals surface area contributed by atoms with Crippen LogP contribution in [0.3, 0.4) is 0 Å². The lowest BCUT2D eigenvalue weighted by molar-refractivity contribution is -0.135. The van der Waals surface area contributed by atoms with Crippen molar-refractivity contribution in [2.45, 2.75) is 6.42 Å². The number of carbonyl (C=O) groups is 1. The Hall–Kier alpha value is -1.43. The van der Waals surface area contributed by atoms with Crippen molar-refractivity contribution in [1.29, 1.82) is 0 Å². The molecule has 6 heteroatoms. The fourth-order valence-electron chi connectivity index (χ4n) is 0.696. The Kier molecular flexibility index (Phi) is 3.21. The Balaban J connectivity index is 2.07. The molecule has 6 nitrogen and oxygen atoms in total. The van der Waals surface area contributed by atoms with Crippen molar-refractivity contribution < 1.29 is 14.3 Å². The molecule has 0 aliphatic rings. The lowest BCUT2D eigenvalue weighted by Crippen LogP contribution is -2.24. The number of aromatic nitrogens is 2. The Morgan fingerprint density at radius 1 is 1.75 bits per heavy atom. The van der Waals surface area contributed by atoms with Crippen LogP contribution in [0.2, 0.25) is 0 Å². The van der Waals surface area contributed by atoms with Crippen molar-refractivity contribution in [3.05, 3.63) is 12.3 Å². The molecule has 0 radical (unpaired) electrons. The number of hydrogen-bond acceptors (Lipinski definition) is 5. The molecule has 0 unspecified atom stereocenters. The molecule has 2 N–H and O–H groups in total.